The first-order valence-corrected chi connectivity index (χ1v) is 6.35. The standard InChI is InChI=1S/C12H22N2O2.ClH/c13-11(10-1-2-10)8-14-12(15)7-9-3-5-16-6-4-9;/h9-11H,1-8,13H2,(H,14,15);1H. The van der Waals surface area contributed by atoms with Crippen LogP contribution in [0.3, 0.4) is 0 Å². The topological polar surface area (TPSA) is 64.3 Å². The van der Waals surface area contributed by atoms with E-state index in [1.165, 1.54) is 12.8 Å². The number of ether oxygens (including phenoxy) is 1. The van der Waals surface area contributed by atoms with Gasteiger partial charge < -0.3 is 15.8 Å². The normalized spacial score (nSPS) is 22.6. The largest absolute Gasteiger partial charge is 0.381 e. The van der Waals surface area contributed by atoms with Crippen molar-refractivity contribution in [2.75, 3.05) is 19.8 Å². The molecule has 17 heavy (non-hydrogen) atoms. The SMILES string of the molecule is Cl.NC(CNC(=O)CC1CCOCC1)C1CC1. The van der Waals surface area contributed by atoms with Crippen LogP contribution in [-0.4, -0.2) is 31.7 Å². The van der Waals surface area contributed by atoms with E-state index < -0.39 is 0 Å². The first-order chi connectivity index (χ1) is 7.75. The zero-order valence-corrected chi connectivity index (χ0v) is 11.0. The lowest BCUT2D eigenvalue weighted by molar-refractivity contribution is -0.122. The van der Waals surface area contributed by atoms with Gasteiger partial charge in [-0.15, -0.1) is 12.4 Å². The van der Waals surface area contributed by atoms with E-state index in [0.29, 0.717) is 24.8 Å². The smallest absolute Gasteiger partial charge is 0.220 e. The highest BCUT2D eigenvalue weighted by Gasteiger charge is 2.28. The maximum atomic E-state index is 11.7. The van der Waals surface area contributed by atoms with Gasteiger partial charge in [0.1, 0.15) is 0 Å². The van der Waals surface area contributed by atoms with Crippen LogP contribution in [0.5, 0.6) is 0 Å². The summed E-state index contributed by atoms with van der Waals surface area (Å²) < 4.78 is 5.27. The van der Waals surface area contributed by atoms with E-state index in [9.17, 15) is 4.79 Å². The van der Waals surface area contributed by atoms with Crippen LogP contribution in [0.1, 0.15) is 32.1 Å². The number of amides is 1. The fourth-order valence-corrected chi connectivity index (χ4v) is 2.21. The minimum absolute atomic E-state index is 0. The average molecular weight is 263 g/mol. The van der Waals surface area contributed by atoms with Crippen molar-refractivity contribution in [3.63, 3.8) is 0 Å². The van der Waals surface area contributed by atoms with E-state index >= 15 is 0 Å². The Morgan fingerprint density at radius 2 is 1.94 bits per heavy atom. The summed E-state index contributed by atoms with van der Waals surface area (Å²) in [5.41, 5.74) is 5.93. The summed E-state index contributed by atoms with van der Waals surface area (Å²) in [5, 5.41) is 2.95. The molecule has 1 saturated carbocycles. The summed E-state index contributed by atoms with van der Waals surface area (Å²) in [6.45, 7) is 2.26. The van der Waals surface area contributed by atoms with Gasteiger partial charge in [-0.25, -0.2) is 0 Å². The molecule has 100 valence electrons. The van der Waals surface area contributed by atoms with Gasteiger partial charge in [-0.2, -0.15) is 0 Å². The second-order valence-electron chi connectivity index (χ2n) is 5.07. The molecule has 1 saturated heterocycles. The second kappa shape index (κ2) is 7.19. The molecule has 0 aromatic rings. The van der Waals surface area contributed by atoms with E-state index in [0.717, 1.165) is 26.1 Å². The lowest BCUT2D eigenvalue weighted by atomic mass is 9.96. The van der Waals surface area contributed by atoms with Gasteiger partial charge in [-0.05, 0) is 37.5 Å². The molecule has 1 amide bonds. The highest BCUT2D eigenvalue weighted by molar-refractivity contribution is 5.85. The third kappa shape index (κ3) is 5.23. The number of rotatable bonds is 5. The molecule has 0 aromatic heterocycles. The summed E-state index contributed by atoms with van der Waals surface area (Å²) in [7, 11) is 0. The molecule has 1 aliphatic carbocycles. The highest BCUT2D eigenvalue weighted by Crippen LogP contribution is 2.31. The van der Waals surface area contributed by atoms with E-state index in [4.69, 9.17) is 10.5 Å². The Morgan fingerprint density at radius 1 is 1.29 bits per heavy atom. The van der Waals surface area contributed by atoms with E-state index in [-0.39, 0.29) is 24.4 Å². The number of hydrogen-bond acceptors (Lipinski definition) is 3. The molecule has 2 rings (SSSR count). The van der Waals surface area contributed by atoms with Crippen molar-refractivity contribution in [3.05, 3.63) is 0 Å². The number of carbonyl (C=O) groups is 1. The number of hydrogen-bond donors (Lipinski definition) is 2. The quantitative estimate of drug-likeness (QED) is 0.779. The maximum Gasteiger partial charge on any atom is 0.220 e. The molecule has 0 aromatic carbocycles. The molecule has 2 aliphatic rings. The Bertz CT molecular complexity index is 241. The minimum atomic E-state index is 0. The molecule has 5 heteroatoms. The second-order valence-corrected chi connectivity index (χ2v) is 5.07. The van der Waals surface area contributed by atoms with Crippen LogP contribution in [0.2, 0.25) is 0 Å². The number of halogens is 1. The van der Waals surface area contributed by atoms with Crippen molar-refractivity contribution < 1.29 is 9.53 Å². The fourth-order valence-electron chi connectivity index (χ4n) is 2.21. The first kappa shape index (κ1) is 14.7. The van der Waals surface area contributed by atoms with Crippen LogP contribution in [0.4, 0.5) is 0 Å². The molecular weight excluding hydrogens is 240 g/mol. The van der Waals surface area contributed by atoms with Crippen LogP contribution >= 0.6 is 12.4 Å². The molecule has 1 atom stereocenters. The molecule has 1 aliphatic heterocycles. The molecule has 1 heterocycles. The fraction of sp³-hybridized carbons (Fsp3) is 0.917. The third-order valence-electron chi connectivity index (χ3n) is 3.58. The maximum absolute atomic E-state index is 11.7. The Kier molecular flexibility index (Phi) is 6.23. The Labute approximate surface area is 109 Å². The van der Waals surface area contributed by atoms with Gasteiger partial charge in [0, 0.05) is 32.2 Å². The van der Waals surface area contributed by atoms with Gasteiger partial charge in [-0.1, -0.05) is 0 Å². The van der Waals surface area contributed by atoms with Crippen LogP contribution in [0, 0.1) is 11.8 Å². The molecule has 0 spiro atoms. The number of nitrogens with one attached hydrogen (secondary N) is 1. The molecule has 2 fully saturated rings. The Hall–Kier alpha value is -0.320. The molecule has 3 N–H and O–H groups in total. The van der Waals surface area contributed by atoms with Crippen LogP contribution in [-0.2, 0) is 9.53 Å². The highest BCUT2D eigenvalue weighted by atomic mass is 35.5. The van der Waals surface area contributed by atoms with Gasteiger partial charge in [0.15, 0.2) is 0 Å². The summed E-state index contributed by atoms with van der Waals surface area (Å²) in [5.74, 6) is 1.32. The molecule has 0 bridgehead atoms. The van der Waals surface area contributed by atoms with Gasteiger partial charge in [0.05, 0.1) is 0 Å². The first-order valence-electron chi connectivity index (χ1n) is 6.35. The predicted octanol–water partition coefficient (Wildman–Crippen LogP) is 1.08. The monoisotopic (exact) mass is 262 g/mol. The van der Waals surface area contributed by atoms with Crippen LogP contribution in [0.25, 0.3) is 0 Å². The third-order valence-corrected chi connectivity index (χ3v) is 3.58. The van der Waals surface area contributed by atoms with E-state index in [1.54, 1.807) is 0 Å². The van der Waals surface area contributed by atoms with Crippen molar-refractivity contribution >= 4 is 18.3 Å². The van der Waals surface area contributed by atoms with Crippen molar-refractivity contribution in [2.24, 2.45) is 17.6 Å². The molecular formula is C12H23ClN2O2. The van der Waals surface area contributed by atoms with E-state index in [2.05, 4.69) is 5.32 Å². The van der Waals surface area contributed by atoms with Gasteiger partial charge in [0.25, 0.3) is 0 Å². The predicted molar refractivity (Wildman–Crippen MR) is 69.1 cm³/mol. The molecule has 0 radical (unpaired) electrons. The van der Waals surface area contributed by atoms with Crippen LogP contribution in [0.15, 0.2) is 0 Å². The van der Waals surface area contributed by atoms with Gasteiger partial charge >= 0.3 is 0 Å². The van der Waals surface area contributed by atoms with Crippen molar-refractivity contribution in [1.29, 1.82) is 0 Å². The number of nitrogens with two attached hydrogens (primary N) is 1. The zero-order chi connectivity index (χ0) is 11.4. The minimum Gasteiger partial charge on any atom is -0.381 e. The summed E-state index contributed by atoms with van der Waals surface area (Å²) >= 11 is 0. The lowest BCUT2D eigenvalue weighted by Crippen LogP contribution is -2.39. The van der Waals surface area contributed by atoms with Gasteiger partial charge in [-0.3, -0.25) is 4.79 Å². The van der Waals surface area contributed by atoms with Crippen LogP contribution < -0.4 is 11.1 Å². The molecule has 4 nitrogen and oxygen atoms in total. The lowest BCUT2D eigenvalue weighted by Gasteiger charge is -2.21. The van der Waals surface area contributed by atoms with Crippen molar-refractivity contribution in [3.8, 4) is 0 Å². The van der Waals surface area contributed by atoms with Gasteiger partial charge in [0.2, 0.25) is 5.91 Å². The van der Waals surface area contributed by atoms with Crippen molar-refractivity contribution in [1.82, 2.24) is 5.32 Å². The van der Waals surface area contributed by atoms with Crippen molar-refractivity contribution in [2.45, 2.75) is 38.1 Å². The molecule has 1 unspecified atom stereocenters. The van der Waals surface area contributed by atoms with E-state index in [1.807, 2.05) is 0 Å². The average Bonchev–Trinajstić information content (AvgIpc) is 3.11. The zero-order valence-electron chi connectivity index (χ0n) is 10.2. The Balaban J connectivity index is 0.00000144. The summed E-state index contributed by atoms with van der Waals surface area (Å²) in [4.78, 5) is 11.7. The summed E-state index contributed by atoms with van der Waals surface area (Å²) in [6, 6.07) is 0.165. The Morgan fingerprint density at radius 3 is 2.53 bits per heavy atom. The number of carbonyl (C=O) groups excluding carboxylic acids is 1. The summed E-state index contributed by atoms with van der Waals surface area (Å²) in [6.07, 6.45) is 5.14.